The Labute approximate surface area is 181 Å². The Morgan fingerprint density at radius 3 is 1.30 bits per heavy atom. The number of rotatable bonds is 21. The maximum absolute atomic E-state index is 10.8. The molecule has 0 aliphatic rings. The molecule has 0 unspecified atom stereocenters. The van der Waals surface area contributed by atoms with Crippen LogP contribution in [0.15, 0.2) is 12.2 Å². The summed E-state index contributed by atoms with van der Waals surface area (Å²) < 4.78 is 0.850. The molecule has 0 atom stereocenters. The van der Waals surface area contributed by atoms with E-state index in [1.165, 1.54) is 0 Å². The van der Waals surface area contributed by atoms with Gasteiger partial charge in [0.1, 0.15) is 0 Å². The summed E-state index contributed by atoms with van der Waals surface area (Å²) in [5.41, 5.74) is 0. The van der Waals surface area contributed by atoms with Crippen molar-refractivity contribution in [2.24, 2.45) is 0 Å². The summed E-state index contributed by atoms with van der Waals surface area (Å²) in [6.45, 7) is 5.64. The highest BCUT2D eigenvalue weighted by atomic mass is 16.4. The largest absolute Gasteiger partial charge is 0.481 e. The lowest BCUT2D eigenvalue weighted by Crippen LogP contribution is -2.51. The lowest BCUT2D eigenvalue weighted by atomic mass is 10.1. The fourth-order valence-electron chi connectivity index (χ4n) is 3.89. The van der Waals surface area contributed by atoms with E-state index < -0.39 is 17.9 Å². The van der Waals surface area contributed by atoms with Crippen molar-refractivity contribution in [1.82, 2.24) is 0 Å². The molecule has 0 rings (SSSR count). The normalized spacial score (nSPS) is 11.8. The topological polar surface area (TPSA) is 112 Å². The third kappa shape index (κ3) is 17.0. The van der Waals surface area contributed by atoms with Gasteiger partial charge in [0.25, 0.3) is 0 Å². The van der Waals surface area contributed by atoms with E-state index in [1.54, 1.807) is 0 Å². The second-order valence-electron chi connectivity index (χ2n) is 8.21. The van der Waals surface area contributed by atoms with E-state index in [4.69, 9.17) is 15.3 Å². The first-order chi connectivity index (χ1) is 14.3. The molecule has 0 aromatic heterocycles. The average molecular weight is 429 g/mol. The summed E-state index contributed by atoms with van der Waals surface area (Å²) in [7, 11) is 0. The maximum atomic E-state index is 10.8. The Morgan fingerprint density at radius 1 is 0.600 bits per heavy atom. The molecule has 174 valence electrons. The van der Waals surface area contributed by atoms with Crippen LogP contribution in [0.4, 0.5) is 0 Å². The van der Waals surface area contributed by atoms with Crippen molar-refractivity contribution in [3.05, 3.63) is 12.2 Å². The minimum atomic E-state index is -0.778. The zero-order chi connectivity index (χ0) is 22.7. The number of hydrogen-bond donors (Lipinski definition) is 3. The van der Waals surface area contributed by atoms with Crippen molar-refractivity contribution < 1.29 is 34.2 Å². The number of carbonyl (C=O) groups is 3. The van der Waals surface area contributed by atoms with Gasteiger partial charge in [0.2, 0.25) is 0 Å². The predicted molar refractivity (Wildman–Crippen MR) is 117 cm³/mol. The van der Waals surface area contributed by atoms with Crippen LogP contribution in [0.5, 0.6) is 0 Å². The first-order valence-electron chi connectivity index (χ1n) is 11.4. The molecule has 0 saturated heterocycles. The van der Waals surface area contributed by atoms with Gasteiger partial charge in [-0.05, 0) is 71.1 Å². The molecule has 0 radical (unpaired) electrons. The van der Waals surface area contributed by atoms with Gasteiger partial charge in [-0.3, -0.25) is 14.4 Å². The lowest BCUT2D eigenvalue weighted by molar-refractivity contribution is -0.929. The molecule has 3 N–H and O–H groups in total. The van der Waals surface area contributed by atoms with Gasteiger partial charge in [-0.1, -0.05) is 12.2 Å². The molecule has 0 heterocycles. The Kier molecular flexibility index (Phi) is 16.8. The summed E-state index contributed by atoms with van der Waals surface area (Å²) >= 11 is 0. The van der Waals surface area contributed by atoms with Crippen molar-refractivity contribution in [2.45, 2.75) is 90.4 Å². The summed E-state index contributed by atoms with van der Waals surface area (Å²) in [5.74, 6) is -2.33. The predicted octanol–water partition coefficient (Wildman–Crippen LogP) is 4.70. The lowest BCUT2D eigenvalue weighted by Gasteiger charge is -2.39. The minimum absolute atomic E-state index is 0.168. The van der Waals surface area contributed by atoms with Crippen LogP contribution in [0.25, 0.3) is 0 Å². The van der Waals surface area contributed by atoms with E-state index in [-0.39, 0.29) is 19.3 Å². The van der Waals surface area contributed by atoms with Gasteiger partial charge in [0.15, 0.2) is 0 Å². The van der Waals surface area contributed by atoms with E-state index in [2.05, 4.69) is 12.2 Å². The van der Waals surface area contributed by atoms with Gasteiger partial charge < -0.3 is 19.8 Å². The van der Waals surface area contributed by atoms with E-state index in [9.17, 15) is 14.4 Å². The molecular formula is C23H42NO6+. The maximum Gasteiger partial charge on any atom is 0.303 e. The molecule has 30 heavy (non-hydrogen) atoms. The van der Waals surface area contributed by atoms with Gasteiger partial charge in [-0.25, -0.2) is 0 Å². The van der Waals surface area contributed by atoms with Crippen LogP contribution in [0, 0.1) is 0 Å². The van der Waals surface area contributed by atoms with Crippen molar-refractivity contribution >= 4 is 17.9 Å². The van der Waals surface area contributed by atoms with Crippen LogP contribution in [0.1, 0.15) is 90.4 Å². The van der Waals surface area contributed by atoms with Crippen molar-refractivity contribution in [3.8, 4) is 0 Å². The molecule has 0 spiro atoms. The first-order valence-corrected chi connectivity index (χ1v) is 11.4. The monoisotopic (exact) mass is 428 g/mol. The zero-order valence-electron chi connectivity index (χ0n) is 18.7. The van der Waals surface area contributed by atoms with Gasteiger partial charge in [0.05, 0.1) is 26.2 Å². The van der Waals surface area contributed by atoms with E-state index in [0.29, 0.717) is 19.3 Å². The van der Waals surface area contributed by atoms with E-state index in [0.717, 1.165) is 75.6 Å². The van der Waals surface area contributed by atoms with Crippen LogP contribution in [0.3, 0.4) is 0 Å². The molecule has 7 heteroatoms. The number of hydrogen-bond acceptors (Lipinski definition) is 3. The van der Waals surface area contributed by atoms with Crippen LogP contribution in [-0.4, -0.2) is 63.9 Å². The Hall–Kier alpha value is -1.89. The summed E-state index contributed by atoms with van der Waals surface area (Å²) in [5, 5.41) is 26.7. The molecule has 0 saturated carbocycles. The van der Waals surface area contributed by atoms with E-state index >= 15 is 0 Å². The second-order valence-corrected chi connectivity index (χ2v) is 8.21. The van der Waals surface area contributed by atoms with Gasteiger partial charge in [-0.2, -0.15) is 0 Å². The molecule has 0 aromatic carbocycles. The number of nitrogens with zero attached hydrogens (tertiary/aromatic N) is 1. The number of unbranched alkanes of at least 4 members (excludes halogenated alkanes) is 6. The molecule has 0 amide bonds. The molecule has 7 nitrogen and oxygen atoms in total. The third-order valence-electron chi connectivity index (χ3n) is 5.56. The summed E-state index contributed by atoms with van der Waals surface area (Å²) in [4.78, 5) is 32.5. The minimum Gasteiger partial charge on any atom is -0.481 e. The number of carboxylic acid groups (broad SMARTS) is 3. The Balaban J connectivity index is 4.91. The fraction of sp³-hybridized carbons (Fsp3) is 0.783. The first kappa shape index (κ1) is 28.1. The SMILES string of the molecule is C/C=C/CCCCC[N+](CCCCC(=O)O)(CCCCC(=O)O)CCCCC(=O)O. The highest BCUT2D eigenvalue weighted by Gasteiger charge is 2.26. The van der Waals surface area contributed by atoms with Gasteiger partial charge in [-0.15, -0.1) is 0 Å². The zero-order valence-corrected chi connectivity index (χ0v) is 18.7. The van der Waals surface area contributed by atoms with Crippen molar-refractivity contribution in [2.75, 3.05) is 26.2 Å². The van der Waals surface area contributed by atoms with Crippen molar-refractivity contribution in [1.29, 1.82) is 0 Å². The van der Waals surface area contributed by atoms with Crippen LogP contribution >= 0.6 is 0 Å². The summed E-state index contributed by atoms with van der Waals surface area (Å²) in [6.07, 6.45) is 13.5. The Bertz CT molecular complexity index is 463. The number of allylic oxidation sites excluding steroid dienone is 2. The van der Waals surface area contributed by atoms with E-state index in [1.807, 2.05) is 6.92 Å². The van der Waals surface area contributed by atoms with Crippen LogP contribution in [0.2, 0.25) is 0 Å². The molecule has 0 bridgehead atoms. The molecule has 0 aliphatic carbocycles. The molecular weight excluding hydrogens is 386 g/mol. The number of carboxylic acids is 3. The third-order valence-corrected chi connectivity index (χ3v) is 5.56. The highest BCUT2D eigenvalue weighted by molar-refractivity contribution is 5.67. The molecule has 0 aromatic rings. The van der Waals surface area contributed by atoms with Crippen LogP contribution in [-0.2, 0) is 14.4 Å². The summed E-state index contributed by atoms with van der Waals surface area (Å²) in [6, 6.07) is 0. The smallest absolute Gasteiger partial charge is 0.303 e. The standard InChI is InChI=1S/C23H41NO6/c1-2-3-4-5-6-10-17-24(18-11-7-14-21(25)26,19-12-8-15-22(27)28)20-13-9-16-23(29)30/h2-3H,4-20H2,1H3,(H2-,25,26,27,28,29,30)/p+1/b3-2+. The quantitative estimate of drug-likeness (QED) is 0.139. The Morgan fingerprint density at radius 2 is 0.967 bits per heavy atom. The average Bonchev–Trinajstić information content (AvgIpc) is 2.68. The van der Waals surface area contributed by atoms with Gasteiger partial charge >= 0.3 is 17.9 Å². The second kappa shape index (κ2) is 17.9. The molecule has 0 fully saturated rings. The van der Waals surface area contributed by atoms with Crippen molar-refractivity contribution in [3.63, 3.8) is 0 Å². The van der Waals surface area contributed by atoms with Crippen LogP contribution < -0.4 is 0 Å². The number of quaternary nitrogens is 1. The fourth-order valence-corrected chi connectivity index (χ4v) is 3.89. The molecule has 0 aliphatic heterocycles. The van der Waals surface area contributed by atoms with Gasteiger partial charge in [0, 0.05) is 19.3 Å². The number of aliphatic carboxylic acids is 3. The highest BCUT2D eigenvalue weighted by Crippen LogP contribution is 2.19.